The summed E-state index contributed by atoms with van der Waals surface area (Å²) in [6.07, 6.45) is 3.76. The molecule has 0 atom stereocenters. The standard InChI is InChI=1S/C21H29N3O3S/c1-16-12-20(27-3)21(13-17(16)2)28(25,26)23-14-18-7-10-24(11-8-18)15-19-6-4-5-9-22-19/h4-6,9,12-13,18,23H,7-8,10-11,14-15H2,1-3H3. The molecule has 1 N–H and O–H groups in total. The van der Waals surface area contributed by atoms with E-state index in [1.165, 1.54) is 7.11 Å². The molecule has 0 spiro atoms. The molecule has 0 aliphatic carbocycles. The summed E-state index contributed by atoms with van der Waals surface area (Å²) < 4.78 is 33.7. The number of likely N-dealkylation sites (tertiary alicyclic amines) is 1. The van der Waals surface area contributed by atoms with E-state index in [-0.39, 0.29) is 4.90 Å². The van der Waals surface area contributed by atoms with Crippen LogP contribution in [0.1, 0.15) is 29.7 Å². The largest absolute Gasteiger partial charge is 0.495 e. The molecule has 1 fully saturated rings. The molecule has 0 bridgehead atoms. The number of benzene rings is 1. The molecule has 2 heterocycles. The third-order valence-electron chi connectivity index (χ3n) is 5.45. The Balaban J connectivity index is 1.55. The van der Waals surface area contributed by atoms with E-state index in [2.05, 4.69) is 14.6 Å². The van der Waals surface area contributed by atoms with E-state index >= 15 is 0 Å². The monoisotopic (exact) mass is 403 g/mol. The maximum Gasteiger partial charge on any atom is 0.244 e. The van der Waals surface area contributed by atoms with Crippen molar-refractivity contribution in [3.05, 3.63) is 53.3 Å². The molecule has 3 rings (SSSR count). The van der Waals surface area contributed by atoms with Crippen molar-refractivity contribution in [1.29, 1.82) is 0 Å². The summed E-state index contributed by atoms with van der Waals surface area (Å²) in [5.74, 6) is 0.730. The van der Waals surface area contributed by atoms with E-state index in [1.54, 1.807) is 12.1 Å². The van der Waals surface area contributed by atoms with Crippen LogP contribution in [0.4, 0.5) is 0 Å². The number of sulfonamides is 1. The zero-order valence-electron chi connectivity index (χ0n) is 16.8. The molecule has 1 aliphatic heterocycles. The molecule has 0 radical (unpaired) electrons. The number of nitrogens with zero attached hydrogens (tertiary/aromatic N) is 2. The van der Waals surface area contributed by atoms with Gasteiger partial charge in [-0.2, -0.15) is 0 Å². The van der Waals surface area contributed by atoms with Crippen molar-refractivity contribution in [3.63, 3.8) is 0 Å². The van der Waals surface area contributed by atoms with Crippen molar-refractivity contribution in [2.24, 2.45) is 5.92 Å². The number of aryl methyl sites for hydroxylation is 2. The maximum atomic E-state index is 12.8. The number of hydrogen-bond acceptors (Lipinski definition) is 5. The molecule has 7 heteroatoms. The first kappa shape index (κ1) is 20.8. The minimum absolute atomic E-state index is 0.214. The van der Waals surface area contributed by atoms with Crippen LogP contribution < -0.4 is 9.46 Å². The predicted molar refractivity (Wildman–Crippen MR) is 110 cm³/mol. The Hall–Kier alpha value is -1.96. The summed E-state index contributed by atoms with van der Waals surface area (Å²) in [7, 11) is -2.10. The molecule has 1 saturated heterocycles. The van der Waals surface area contributed by atoms with Crippen LogP contribution in [0, 0.1) is 19.8 Å². The van der Waals surface area contributed by atoms with Crippen LogP contribution in [0.25, 0.3) is 0 Å². The fraction of sp³-hybridized carbons (Fsp3) is 0.476. The first-order valence-electron chi connectivity index (χ1n) is 9.66. The lowest BCUT2D eigenvalue weighted by molar-refractivity contribution is 0.177. The number of methoxy groups -OCH3 is 1. The quantitative estimate of drug-likeness (QED) is 0.770. The topological polar surface area (TPSA) is 71.5 Å². The average Bonchev–Trinajstić information content (AvgIpc) is 2.70. The molecule has 152 valence electrons. The third-order valence-corrected chi connectivity index (χ3v) is 6.90. The van der Waals surface area contributed by atoms with Crippen LogP contribution in [0.3, 0.4) is 0 Å². The minimum atomic E-state index is -3.60. The first-order valence-corrected chi connectivity index (χ1v) is 11.1. The van der Waals surface area contributed by atoms with Crippen molar-refractivity contribution in [3.8, 4) is 5.75 Å². The summed E-state index contributed by atoms with van der Waals surface area (Å²) in [5, 5.41) is 0. The molecule has 1 aliphatic rings. The van der Waals surface area contributed by atoms with E-state index in [1.807, 2.05) is 38.2 Å². The second kappa shape index (κ2) is 9.03. The SMILES string of the molecule is COc1cc(C)c(C)cc1S(=O)(=O)NCC1CCN(Cc2ccccn2)CC1. The predicted octanol–water partition coefficient (Wildman–Crippen LogP) is 2.90. The number of nitrogens with one attached hydrogen (secondary N) is 1. The van der Waals surface area contributed by atoms with E-state index in [9.17, 15) is 8.42 Å². The molecule has 0 unspecified atom stereocenters. The molecule has 1 aromatic heterocycles. The van der Waals surface area contributed by atoms with Crippen molar-refractivity contribution in [2.75, 3.05) is 26.7 Å². The van der Waals surface area contributed by atoms with E-state index < -0.39 is 10.0 Å². The van der Waals surface area contributed by atoms with Crippen LogP contribution in [-0.4, -0.2) is 45.0 Å². The number of piperidine rings is 1. The van der Waals surface area contributed by atoms with Crippen LogP contribution in [0.15, 0.2) is 41.4 Å². The van der Waals surface area contributed by atoms with E-state index in [0.717, 1.165) is 49.3 Å². The summed E-state index contributed by atoms with van der Waals surface area (Å²) in [6, 6.07) is 9.43. The van der Waals surface area contributed by atoms with Crippen molar-refractivity contribution >= 4 is 10.0 Å². The highest BCUT2D eigenvalue weighted by atomic mass is 32.2. The van der Waals surface area contributed by atoms with Crippen molar-refractivity contribution in [2.45, 2.75) is 38.1 Å². The number of aromatic nitrogens is 1. The lowest BCUT2D eigenvalue weighted by Gasteiger charge is -2.31. The Labute approximate surface area is 168 Å². The zero-order chi connectivity index (χ0) is 20.1. The van der Waals surface area contributed by atoms with Gasteiger partial charge in [-0.3, -0.25) is 9.88 Å². The highest BCUT2D eigenvalue weighted by Gasteiger charge is 2.24. The van der Waals surface area contributed by atoms with Crippen LogP contribution in [-0.2, 0) is 16.6 Å². The van der Waals surface area contributed by atoms with Gasteiger partial charge in [0.15, 0.2) is 0 Å². The normalized spacial score (nSPS) is 16.2. The van der Waals surface area contributed by atoms with Crippen LogP contribution >= 0.6 is 0 Å². The van der Waals surface area contributed by atoms with Gasteiger partial charge in [0.1, 0.15) is 10.6 Å². The molecule has 1 aromatic carbocycles. The Kier molecular flexibility index (Phi) is 6.69. The van der Waals surface area contributed by atoms with Gasteiger partial charge in [-0.05, 0) is 81.1 Å². The third kappa shape index (κ3) is 5.10. The minimum Gasteiger partial charge on any atom is -0.495 e. The number of ether oxygens (including phenoxy) is 1. The molecule has 28 heavy (non-hydrogen) atoms. The fourth-order valence-electron chi connectivity index (χ4n) is 3.51. The molecule has 2 aromatic rings. The van der Waals surface area contributed by atoms with Crippen LogP contribution in [0.5, 0.6) is 5.75 Å². The van der Waals surface area contributed by atoms with Gasteiger partial charge in [0.05, 0.1) is 12.8 Å². The Morgan fingerprint density at radius 1 is 1.18 bits per heavy atom. The fourth-order valence-corrected chi connectivity index (χ4v) is 4.86. The van der Waals surface area contributed by atoms with Gasteiger partial charge >= 0.3 is 0 Å². The van der Waals surface area contributed by atoms with Gasteiger partial charge in [-0.25, -0.2) is 13.1 Å². The Morgan fingerprint density at radius 3 is 2.54 bits per heavy atom. The Morgan fingerprint density at radius 2 is 1.89 bits per heavy atom. The molecule has 6 nitrogen and oxygen atoms in total. The highest BCUT2D eigenvalue weighted by Crippen LogP contribution is 2.27. The lowest BCUT2D eigenvalue weighted by Crippen LogP contribution is -2.38. The van der Waals surface area contributed by atoms with Gasteiger partial charge in [-0.15, -0.1) is 0 Å². The second-order valence-electron chi connectivity index (χ2n) is 7.48. The summed E-state index contributed by atoms with van der Waals surface area (Å²) in [4.78, 5) is 6.97. The lowest BCUT2D eigenvalue weighted by atomic mass is 9.97. The average molecular weight is 404 g/mol. The van der Waals surface area contributed by atoms with Gasteiger partial charge in [0, 0.05) is 19.3 Å². The Bertz CT molecular complexity index is 893. The van der Waals surface area contributed by atoms with Gasteiger partial charge in [0.25, 0.3) is 0 Å². The van der Waals surface area contributed by atoms with Crippen LogP contribution in [0.2, 0.25) is 0 Å². The zero-order valence-corrected chi connectivity index (χ0v) is 17.6. The molecule has 0 saturated carbocycles. The molecule has 0 amide bonds. The number of pyridine rings is 1. The highest BCUT2D eigenvalue weighted by molar-refractivity contribution is 7.89. The molecular formula is C21H29N3O3S. The maximum absolute atomic E-state index is 12.8. The summed E-state index contributed by atoms with van der Waals surface area (Å²) >= 11 is 0. The summed E-state index contributed by atoms with van der Waals surface area (Å²) in [6.45, 7) is 7.06. The van der Waals surface area contributed by atoms with E-state index in [0.29, 0.717) is 18.2 Å². The second-order valence-corrected chi connectivity index (χ2v) is 9.22. The number of rotatable bonds is 7. The van der Waals surface area contributed by atoms with E-state index in [4.69, 9.17) is 4.74 Å². The van der Waals surface area contributed by atoms with Gasteiger partial charge in [-0.1, -0.05) is 6.07 Å². The first-order chi connectivity index (χ1) is 13.4. The smallest absolute Gasteiger partial charge is 0.244 e. The number of hydrogen-bond donors (Lipinski definition) is 1. The molecular weight excluding hydrogens is 374 g/mol. The van der Waals surface area contributed by atoms with Crippen molar-refractivity contribution < 1.29 is 13.2 Å². The van der Waals surface area contributed by atoms with Gasteiger partial charge in [0.2, 0.25) is 10.0 Å². The van der Waals surface area contributed by atoms with Crippen molar-refractivity contribution in [1.82, 2.24) is 14.6 Å². The van der Waals surface area contributed by atoms with Gasteiger partial charge < -0.3 is 4.74 Å². The summed E-state index contributed by atoms with van der Waals surface area (Å²) in [5.41, 5.74) is 3.02.